The molecule has 1 unspecified atom stereocenters. The van der Waals surface area contributed by atoms with Crippen molar-refractivity contribution in [3.05, 3.63) is 65.2 Å². The Morgan fingerprint density at radius 1 is 1.16 bits per heavy atom. The molecule has 25 heavy (non-hydrogen) atoms. The molecule has 0 saturated carbocycles. The molecule has 0 spiro atoms. The molecule has 0 fully saturated rings. The van der Waals surface area contributed by atoms with Crippen molar-refractivity contribution >= 4 is 5.91 Å². The van der Waals surface area contributed by atoms with Crippen LogP contribution in [-0.4, -0.2) is 12.5 Å². The Morgan fingerprint density at radius 3 is 2.56 bits per heavy atom. The van der Waals surface area contributed by atoms with Crippen molar-refractivity contribution in [1.82, 2.24) is 5.32 Å². The molecular formula is C19H20F3NO2. The number of nitrogens with one attached hydrogen (secondary N) is 1. The molecule has 1 amide bonds. The molecule has 1 atom stereocenters. The van der Waals surface area contributed by atoms with E-state index in [9.17, 15) is 18.0 Å². The molecular weight excluding hydrogens is 331 g/mol. The molecule has 2 rings (SSSR count). The number of hydrogen-bond donors (Lipinski definition) is 1. The predicted octanol–water partition coefficient (Wildman–Crippen LogP) is 4.66. The molecule has 2 aromatic carbocycles. The van der Waals surface area contributed by atoms with Gasteiger partial charge in [-0.3, -0.25) is 4.79 Å². The van der Waals surface area contributed by atoms with E-state index in [0.717, 1.165) is 17.7 Å². The molecule has 0 radical (unpaired) electrons. The van der Waals surface area contributed by atoms with Gasteiger partial charge >= 0.3 is 6.18 Å². The number of halogens is 3. The van der Waals surface area contributed by atoms with E-state index in [1.807, 2.05) is 25.1 Å². The van der Waals surface area contributed by atoms with Gasteiger partial charge in [-0.1, -0.05) is 24.3 Å². The van der Waals surface area contributed by atoms with Crippen LogP contribution in [0.2, 0.25) is 0 Å². The average Bonchev–Trinajstić information content (AvgIpc) is 2.54. The lowest BCUT2D eigenvalue weighted by Gasteiger charge is -2.16. The number of aryl methyl sites for hydroxylation is 1. The van der Waals surface area contributed by atoms with Crippen LogP contribution in [0.1, 0.15) is 36.1 Å². The second-order valence-electron chi connectivity index (χ2n) is 5.83. The van der Waals surface area contributed by atoms with E-state index < -0.39 is 17.8 Å². The van der Waals surface area contributed by atoms with Crippen LogP contribution in [-0.2, 0) is 11.0 Å². The number of amides is 1. The number of hydrogen-bond acceptors (Lipinski definition) is 2. The third kappa shape index (κ3) is 5.81. The van der Waals surface area contributed by atoms with Gasteiger partial charge in [0.25, 0.3) is 0 Å². The Hall–Kier alpha value is -2.50. The quantitative estimate of drug-likeness (QED) is 0.822. The zero-order chi connectivity index (χ0) is 18.4. The Kier molecular flexibility index (Phi) is 6.07. The first-order chi connectivity index (χ1) is 11.8. The lowest BCUT2D eigenvalue weighted by Crippen LogP contribution is -2.28. The summed E-state index contributed by atoms with van der Waals surface area (Å²) in [5.41, 5.74) is 0.733. The summed E-state index contributed by atoms with van der Waals surface area (Å²) in [4.78, 5) is 12.0. The Bertz CT molecular complexity index is 729. The average molecular weight is 351 g/mol. The van der Waals surface area contributed by atoms with Gasteiger partial charge in [-0.15, -0.1) is 0 Å². The summed E-state index contributed by atoms with van der Waals surface area (Å²) in [7, 11) is 0. The fourth-order valence-electron chi connectivity index (χ4n) is 2.35. The van der Waals surface area contributed by atoms with Gasteiger partial charge in [-0.25, -0.2) is 0 Å². The summed E-state index contributed by atoms with van der Waals surface area (Å²) < 4.78 is 43.7. The second-order valence-corrected chi connectivity index (χ2v) is 5.83. The first kappa shape index (κ1) is 18.8. The maximum Gasteiger partial charge on any atom is 0.416 e. The van der Waals surface area contributed by atoms with Crippen LogP contribution in [0.5, 0.6) is 5.75 Å². The van der Waals surface area contributed by atoms with Gasteiger partial charge in [0.2, 0.25) is 5.91 Å². The number of carbonyl (C=O) groups is 1. The zero-order valence-corrected chi connectivity index (χ0v) is 14.1. The van der Waals surface area contributed by atoms with Crippen molar-refractivity contribution in [3.63, 3.8) is 0 Å². The van der Waals surface area contributed by atoms with E-state index in [2.05, 4.69) is 5.32 Å². The molecule has 0 aromatic heterocycles. The highest BCUT2D eigenvalue weighted by atomic mass is 19.4. The van der Waals surface area contributed by atoms with Gasteiger partial charge in [0.15, 0.2) is 0 Å². The third-order valence-electron chi connectivity index (χ3n) is 3.68. The van der Waals surface area contributed by atoms with Crippen molar-refractivity contribution in [2.24, 2.45) is 0 Å². The van der Waals surface area contributed by atoms with Gasteiger partial charge in [0.05, 0.1) is 24.6 Å². The van der Waals surface area contributed by atoms with Gasteiger partial charge in [-0.05, 0) is 49.2 Å². The molecule has 3 nitrogen and oxygen atoms in total. The van der Waals surface area contributed by atoms with Gasteiger partial charge in [-0.2, -0.15) is 13.2 Å². The molecule has 134 valence electrons. The van der Waals surface area contributed by atoms with Crippen molar-refractivity contribution in [2.45, 2.75) is 32.5 Å². The van der Waals surface area contributed by atoms with Crippen molar-refractivity contribution in [2.75, 3.05) is 6.61 Å². The summed E-state index contributed by atoms with van der Waals surface area (Å²) in [5.74, 6) is 0.399. The molecule has 0 saturated heterocycles. The lowest BCUT2D eigenvalue weighted by atomic mass is 10.0. The smallest absolute Gasteiger partial charge is 0.416 e. The number of carbonyl (C=O) groups excluding carboxylic acids is 1. The van der Waals surface area contributed by atoms with Crippen LogP contribution in [0.25, 0.3) is 0 Å². The highest BCUT2D eigenvalue weighted by molar-refractivity contribution is 5.76. The number of benzene rings is 2. The van der Waals surface area contributed by atoms with Gasteiger partial charge < -0.3 is 10.1 Å². The van der Waals surface area contributed by atoms with Crippen LogP contribution >= 0.6 is 0 Å². The Labute approximate surface area is 144 Å². The Morgan fingerprint density at radius 2 is 1.88 bits per heavy atom. The molecule has 1 N–H and O–H groups in total. The minimum absolute atomic E-state index is 0.122. The van der Waals surface area contributed by atoms with E-state index in [1.54, 1.807) is 19.1 Å². The van der Waals surface area contributed by atoms with Crippen molar-refractivity contribution < 1.29 is 22.7 Å². The van der Waals surface area contributed by atoms with E-state index in [1.165, 1.54) is 6.07 Å². The number of rotatable bonds is 6. The van der Waals surface area contributed by atoms with Crippen LogP contribution in [0, 0.1) is 6.92 Å². The maximum absolute atomic E-state index is 12.7. The van der Waals surface area contributed by atoms with Gasteiger partial charge in [0, 0.05) is 0 Å². The predicted molar refractivity (Wildman–Crippen MR) is 89.3 cm³/mol. The molecule has 0 aliphatic heterocycles. The highest BCUT2D eigenvalue weighted by Crippen LogP contribution is 2.30. The molecule has 0 bridgehead atoms. The van der Waals surface area contributed by atoms with Gasteiger partial charge in [0.1, 0.15) is 5.75 Å². The van der Waals surface area contributed by atoms with Crippen LogP contribution in [0.15, 0.2) is 48.5 Å². The Balaban J connectivity index is 1.86. The van der Waals surface area contributed by atoms with E-state index in [0.29, 0.717) is 11.3 Å². The number of ether oxygens (including phenoxy) is 1. The first-order valence-electron chi connectivity index (χ1n) is 7.91. The summed E-state index contributed by atoms with van der Waals surface area (Å²) >= 11 is 0. The third-order valence-corrected chi connectivity index (χ3v) is 3.68. The van der Waals surface area contributed by atoms with Crippen LogP contribution in [0.3, 0.4) is 0 Å². The second kappa shape index (κ2) is 8.05. The summed E-state index contributed by atoms with van der Waals surface area (Å²) in [6.45, 7) is 3.79. The van der Waals surface area contributed by atoms with E-state index in [-0.39, 0.29) is 18.9 Å². The summed E-state index contributed by atoms with van der Waals surface area (Å²) in [5, 5.41) is 2.69. The van der Waals surface area contributed by atoms with Crippen molar-refractivity contribution in [3.8, 4) is 5.75 Å². The topological polar surface area (TPSA) is 38.3 Å². The lowest BCUT2D eigenvalue weighted by molar-refractivity contribution is -0.137. The molecule has 6 heteroatoms. The van der Waals surface area contributed by atoms with Crippen LogP contribution in [0.4, 0.5) is 13.2 Å². The molecule has 0 aliphatic carbocycles. The van der Waals surface area contributed by atoms with E-state index >= 15 is 0 Å². The van der Waals surface area contributed by atoms with Crippen LogP contribution < -0.4 is 10.1 Å². The standard InChI is InChI=1S/C19H20F3NO2/c1-13-5-3-8-17(11-13)25-10-9-18(24)23-14(2)15-6-4-7-16(12-15)19(20,21)22/h3-8,11-12,14H,9-10H2,1-2H3,(H,23,24). The summed E-state index contributed by atoms with van der Waals surface area (Å²) in [6, 6.07) is 11.9. The molecule has 0 aliphatic rings. The monoisotopic (exact) mass is 351 g/mol. The minimum Gasteiger partial charge on any atom is -0.493 e. The highest BCUT2D eigenvalue weighted by Gasteiger charge is 2.30. The zero-order valence-electron chi connectivity index (χ0n) is 14.1. The van der Waals surface area contributed by atoms with E-state index in [4.69, 9.17) is 4.74 Å². The maximum atomic E-state index is 12.7. The largest absolute Gasteiger partial charge is 0.493 e. The number of alkyl halides is 3. The SMILES string of the molecule is Cc1cccc(OCCC(=O)NC(C)c2cccc(C(F)(F)F)c2)c1. The normalized spacial score (nSPS) is 12.5. The molecule has 0 heterocycles. The van der Waals surface area contributed by atoms with Crippen molar-refractivity contribution in [1.29, 1.82) is 0 Å². The fraction of sp³-hybridized carbons (Fsp3) is 0.316. The minimum atomic E-state index is -4.40. The fourth-order valence-corrected chi connectivity index (χ4v) is 2.35. The summed E-state index contributed by atoms with van der Waals surface area (Å²) in [6.07, 6.45) is -4.28. The molecule has 2 aromatic rings. The first-order valence-corrected chi connectivity index (χ1v) is 7.91.